The summed E-state index contributed by atoms with van der Waals surface area (Å²) in [6.07, 6.45) is 1.57. The third-order valence-electron chi connectivity index (χ3n) is 0.445. The van der Waals surface area contributed by atoms with Crippen molar-refractivity contribution >= 4 is 23.4 Å². The van der Waals surface area contributed by atoms with Gasteiger partial charge in [0.25, 0.3) is 0 Å². The smallest absolute Gasteiger partial charge is 0.301 e. The predicted octanol–water partition coefficient (Wildman–Crippen LogP) is 1.31. The summed E-state index contributed by atoms with van der Waals surface area (Å²) >= 11 is 0.896. The number of carbonyl (C=O) groups excluding carboxylic acids is 1. The first kappa shape index (κ1) is 7.49. The maximum Gasteiger partial charge on any atom is 0.301 e. The Labute approximate surface area is 54.2 Å². The lowest BCUT2D eigenvalue weighted by atomic mass is 10.9. The van der Waals surface area contributed by atoms with Crippen LogP contribution in [0.1, 0.15) is 8.35 Å². The van der Waals surface area contributed by atoms with Crippen molar-refractivity contribution in [3.8, 4) is 0 Å². The quantitative estimate of drug-likeness (QED) is 0.434. The van der Waals surface area contributed by atoms with Crippen molar-refractivity contribution in [1.82, 2.24) is 5.32 Å². The molecule has 0 fully saturated rings. The fraction of sp³-hybridized carbons (Fsp3) is 0.500. The van der Waals surface area contributed by atoms with Crippen LogP contribution < -0.4 is 5.32 Å². The minimum Gasteiger partial charge on any atom is -0.349 e. The van der Waals surface area contributed by atoms with Crippen LogP contribution in [0.3, 0.4) is 0 Å². The highest BCUT2D eigenvalue weighted by atomic mass is 32.2. The van der Waals surface area contributed by atoms with E-state index in [4.69, 9.17) is 0 Å². The molecule has 0 aromatic heterocycles. The maximum atomic E-state index is 10.3. The zero-order valence-corrected chi connectivity index (χ0v) is 5.66. The number of rotatable bonds is 1. The monoisotopic (exact) mass is 134 g/mol. The van der Waals surface area contributed by atoms with Gasteiger partial charge in [-0.2, -0.15) is 0 Å². The molecule has 0 aromatic rings. The Morgan fingerprint density at radius 2 is 2.62 bits per heavy atom. The molecule has 1 N–H and O–H groups in total. The van der Waals surface area contributed by atoms with Gasteiger partial charge in [-0.25, -0.2) is 4.40 Å². The standard InChI is InChI=1S/C4H8N2OS.H2/c1-3-6-8-4(7)5-2;/h3H,1-2H3,(H,5,7);1H/b6-3+;. The summed E-state index contributed by atoms with van der Waals surface area (Å²) in [5.74, 6) is 0. The highest BCUT2D eigenvalue weighted by Gasteiger charge is 1.91. The van der Waals surface area contributed by atoms with Crippen LogP contribution in [0.2, 0.25) is 0 Å². The van der Waals surface area contributed by atoms with Gasteiger partial charge < -0.3 is 5.32 Å². The van der Waals surface area contributed by atoms with Crippen molar-refractivity contribution in [3.63, 3.8) is 0 Å². The third kappa shape index (κ3) is 3.67. The molecule has 0 aliphatic carbocycles. The van der Waals surface area contributed by atoms with Crippen molar-refractivity contribution in [2.45, 2.75) is 6.92 Å². The minimum absolute atomic E-state index is 0. The molecule has 0 aromatic carbocycles. The van der Waals surface area contributed by atoms with Crippen molar-refractivity contribution < 1.29 is 6.22 Å². The summed E-state index contributed by atoms with van der Waals surface area (Å²) in [4.78, 5) is 10.3. The van der Waals surface area contributed by atoms with Gasteiger partial charge in [-0.15, -0.1) is 0 Å². The molecule has 0 radical (unpaired) electrons. The number of nitrogens with one attached hydrogen (secondary N) is 1. The first-order chi connectivity index (χ1) is 3.81. The largest absolute Gasteiger partial charge is 0.349 e. The zero-order chi connectivity index (χ0) is 6.41. The van der Waals surface area contributed by atoms with E-state index in [2.05, 4.69) is 9.71 Å². The summed E-state index contributed by atoms with van der Waals surface area (Å²) in [5.41, 5.74) is 0. The van der Waals surface area contributed by atoms with E-state index in [0.717, 1.165) is 11.9 Å². The van der Waals surface area contributed by atoms with Crippen LogP contribution in [0.4, 0.5) is 4.79 Å². The number of hydrogen-bond acceptors (Lipinski definition) is 3. The lowest BCUT2D eigenvalue weighted by molar-refractivity contribution is 0.262. The predicted molar refractivity (Wildman–Crippen MR) is 38.3 cm³/mol. The first-order valence-corrected chi connectivity index (χ1v) is 2.95. The molecule has 0 aliphatic rings. The molecule has 0 bridgehead atoms. The van der Waals surface area contributed by atoms with E-state index in [1.165, 1.54) is 0 Å². The molecule has 0 saturated heterocycles. The number of carbonyl (C=O) groups is 1. The molecule has 0 rings (SSSR count). The van der Waals surface area contributed by atoms with E-state index in [1.54, 1.807) is 20.2 Å². The molecule has 0 heterocycles. The Kier molecular flexibility index (Phi) is 4.35. The highest BCUT2D eigenvalue weighted by Crippen LogP contribution is 1.99. The lowest BCUT2D eigenvalue weighted by Crippen LogP contribution is -2.09. The second kappa shape index (κ2) is 4.64. The maximum absolute atomic E-state index is 10.3. The van der Waals surface area contributed by atoms with Gasteiger partial charge in [0.15, 0.2) is 0 Å². The van der Waals surface area contributed by atoms with Gasteiger partial charge in [0, 0.05) is 14.7 Å². The van der Waals surface area contributed by atoms with E-state index in [1.807, 2.05) is 0 Å². The van der Waals surface area contributed by atoms with Crippen LogP contribution in [-0.2, 0) is 0 Å². The first-order valence-electron chi connectivity index (χ1n) is 2.18. The van der Waals surface area contributed by atoms with Crippen LogP contribution >= 0.6 is 11.9 Å². The summed E-state index contributed by atoms with van der Waals surface area (Å²) < 4.78 is 3.62. The molecule has 1 amide bonds. The minimum atomic E-state index is -0.136. The topological polar surface area (TPSA) is 41.5 Å². The molecule has 0 saturated carbocycles. The van der Waals surface area contributed by atoms with Gasteiger partial charge in [-0.1, -0.05) is 0 Å². The zero-order valence-electron chi connectivity index (χ0n) is 4.84. The van der Waals surface area contributed by atoms with Crippen molar-refractivity contribution in [2.75, 3.05) is 7.05 Å². The van der Waals surface area contributed by atoms with Crippen LogP contribution in [0.5, 0.6) is 0 Å². The highest BCUT2D eigenvalue weighted by molar-refractivity contribution is 8.12. The van der Waals surface area contributed by atoms with E-state index in [9.17, 15) is 4.79 Å². The van der Waals surface area contributed by atoms with E-state index in [0.29, 0.717) is 0 Å². The number of nitrogens with zero attached hydrogens (tertiary/aromatic N) is 1. The van der Waals surface area contributed by atoms with Crippen LogP contribution in [0.15, 0.2) is 4.40 Å². The van der Waals surface area contributed by atoms with Crippen LogP contribution in [0, 0.1) is 0 Å². The molecule has 0 aliphatic heterocycles. The van der Waals surface area contributed by atoms with E-state index in [-0.39, 0.29) is 6.67 Å². The van der Waals surface area contributed by atoms with Crippen LogP contribution in [-0.4, -0.2) is 18.5 Å². The molecule has 48 valence electrons. The Balaban J connectivity index is 0. The Morgan fingerprint density at radius 3 is 3.00 bits per heavy atom. The van der Waals surface area contributed by atoms with Gasteiger partial charge in [-0.3, -0.25) is 4.79 Å². The fourth-order valence-corrected chi connectivity index (χ4v) is 0.439. The summed E-state index contributed by atoms with van der Waals surface area (Å²) in [6, 6.07) is 0. The Bertz CT molecular complexity index is 107. The second-order valence-corrected chi connectivity index (χ2v) is 1.76. The molecule has 4 heteroatoms. The Morgan fingerprint density at radius 1 is 2.00 bits per heavy atom. The summed E-state index contributed by atoms with van der Waals surface area (Å²) in [7, 11) is 1.57. The van der Waals surface area contributed by atoms with Gasteiger partial charge in [0.05, 0.1) is 11.9 Å². The van der Waals surface area contributed by atoms with Crippen molar-refractivity contribution in [1.29, 1.82) is 0 Å². The van der Waals surface area contributed by atoms with Crippen molar-refractivity contribution in [3.05, 3.63) is 0 Å². The molecule has 0 spiro atoms. The van der Waals surface area contributed by atoms with E-state index >= 15 is 0 Å². The number of hydrogen-bond donors (Lipinski definition) is 1. The van der Waals surface area contributed by atoms with Gasteiger partial charge in [-0.05, 0) is 6.92 Å². The molecule has 0 unspecified atom stereocenters. The molecule has 3 nitrogen and oxygen atoms in total. The Hall–Kier alpha value is -0.510. The summed E-state index contributed by atoms with van der Waals surface area (Å²) in [5, 5.41) is 2.27. The van der Waals surface area contributed by atoms with Gasteiger partial charge >= 0.3 is 5.24 Å². The van der Waals surface area contributed by atoms with Gasteiger partial charge in [0.2, 0.25) is 0 Å². The van der Waals surface area contributed by atoms with Gasteiger partial charge in [0.1, 0.15) is 0 Å². The summed E-state index contributed by atoms with van der Waals surface area (Å²) in [6.45, 7) is 1.76. The second-order valence-electron chi connectivity index (χ2n) is 0.992. The molecule has 8 heavy (non-hydrogen) atoms. The van der Waals surface area contributed by atoms with E-state index < -0.39 is 0 Å². The molecule has 0 atom stereocenters. The van der Waals surface area contributed by atoms with Crippen LogP contribution in [0.25, 0.3) is 0 Å². The van der Waals surface area contributed by atoms with Crippen molar-refractivity contribution in [2.24, 2.45) is 4.40 Å². The number of amides is 1. The lowest BCUT2D eigenvalue weighted by Gasteiger charge is -1.87. The fourth-order valence-electron chi connectivity index (χ4n) is 0.146. The average Bonchev–Trinajstić information content (AvgIpc) is 1.83. The molecular formula is C4H10N2OS. The third-order valence-corrected chi connectivity index (χ3v) is 1.13. The normalized spacial score (nSPS) is 9.75. The SMILES string of the molecule is C/C=N/SC(=O)NC.[HH]. The molecular weight excluding hydrogens is 124 g/mol. The average molecular weight is 134 g/mol.